The molecule has 0 spiro atoms. The van der Waals surface area contributed by atoms with Gasteiger partial charge in [-0.1, -0.05) is 0 Å². The zero-order valence-electron chi connectivity index (χ0n) is 4.40. The maximum Gasteiger partial charge on any atom is 0.305 e. The number of hydrogen-bond donors (Lipinski definition) is 1. The minimum absolute atomic E-state index is 0.298. The standard InChI is InChI=1S/C3H6O5S/c4-3(5)1-2-8-9(6)7/h1-2H2,(H,4,5)(H,6,7)/p-1. The molecule has 0 aromatic rings. The Labute approximate surface area is 54.1 Å². The molecule has 0 saturated heterocycles. The predicted molar refractivity (Wildman–Crippen MR) is 27.1 cm³/mol. The average Bonchev–Trinajstić information content (AvgIpc) is 1.63. The van der Waals surface area contributed by atoms with Gasteiger partial charge < -0.3 is 13.8 Å². The van der Waals surface area contributed by atoms with Gasteiger partial charge in [0, 0.05) is 0 Å². The Kier molecular flexibility index (Phi) is 4.20. The molecule has 6 heteroatoms. The highest BCUT2D eigenvalue weighted by molar-refractivity contribution is 7.74. The van der Waals surface area contributed by atoms with Crippen LogP contribution in [0.5, 0.6) is 0 Å². The number of rotatable bonds is 4. The highest BCUT2D eigenvalue weighted by atomic mass is 32.2. The van der Waals surface area contributed by atoms with Crippen LogP contribution in [0.2, 0.25) is 0 Å². The highest BCUT2D eigenvalue weighted by Crippen LogP contribution is 1.83. The molecule has 9 heavy (non-hydrogen) atoms. The summed E-state index contributed by atoms with van der Waals surface area (Å²) in [7, 11) is 0. The molecule has 0 radical (unpaired) electrons. The van der Waals surface area contributed by atoms with Gasteiger partial charge in [0.25, 0.3) is 0 Å². The molecule has 1 N–H and O–H groups in total. The van der Waals surface area contributed by atoms with Gasteiger partial charge in [-0.3, -0.25) is 4.79 Å². The van der Waals surface area contributed by atoms with Crippen LogP contribution in [0.3, 0.4) is 0 Å². The quantitative estimate of drug-likeness (QED) is 0.538. The molecule has 0 aromatic heterocycles. The summed E-state index contributed by atoms with van der Waals surface area (Å²) < 4.78 is 23.0. The third-order valence-corrected chi connectivity index (χ3v) is 0.855. The fourth-order valence-electron chi connectivity index (χ4n) is 0.197. The van der Waals surface area contributed by atoms with E-state index >= 15 is 0 Å². The van der Waals surface area contributed by atoms with E-state index in [1.807, 2.05) is 0 Å². The summed E-state index contributed by atoms with van der Waals surface area (Å²) in [6.07, 6.45) is -0.298. The second-order valence-electron chi connectivity index (χ2n) is 1.17. The Balaban J connectivity index is 3.10. The third kappa shape index (κ3) is 7.54. The first-order chi connectivity index (χ1) is 4.13. The largest absolute Gasteiger partial charge is 0.750 e. The maximum absolute atomic E-state index is 9.70. The van der Waals surface area contributed by atoms with Crippen molar-refractivity contribution in [1.82, 2.24) is 0 Å². The number of hydrogen-bond acceptors (Lipinski definition) is 4. The normalized spacial score (nSPS) is 13.0. The Bertz CT molecular complexity index is 107. The van der Waals surface area contributed by atoms with E-state index < -0.39 is 17.3 Å². The zero-order chi connectivity index (χ0) is 7.28. The first kappa shape index (κ1) is 8.54. The molecule has 0 aliphatic heterocycles. The Morgan fingerprint density at radius 3 is 2.67 bits per heavy atom. The van der Waals surface area contributed by atoms with Crippen molar-refractivity contribution in [3.8, 4) is 0 Å². The van der Waals surface area contributed by atoms with Crippen LogP contribution < -0.4 is 0 Å². The summed E-state index contributed by atoms with van der Waals surface area (Å²) in [6, 6.07) is 0. The van der Waals surface area contributed by atoms with Crippen molar-refractivity contribution in [2.75, 3.05) is 6.61 Å². The van der Waals surface area contributed by atoms with Crippen molar-refractivity contribution in [2.24, 2.45) is 0 Å². The van der Waals surface area contributed by atoms with Gasteiger partial charge in [0.2, 0.25) is 0 Å². The van der Waals surface area contributed by atoms with Crippen molar-refractivity contribution >= 4 is 17.3 Å². The van der Waals surface area contributed by atoms with Crippen LogP contribution in [-0.4, -0.2) is 26.4 Å². The van der Waals surface area contributed by atoms with E-state index in [9.17, 15) is 13.6 Å². The molecule has 0 aliphatic rings. The molecular formula is C3H5O5S-. The van der Waals surface area contributed by atoms with Gasteiger partial charge in [-0.25, -0.2) is 4.21 Å². The van der Waals surface area contributed by atoms with Crippen LogP contribution in [0, 0.1) is 0 Å². The number of carboxylic acids is 1. The summed E-state index contributed by atoms with van der Waals surface area (Å²) in [6.45, 7) is -0.300. The zero-order valence-corrected chi connectivity index (χ0v) is 5.22. The molecule has 54 valence electrons. The summed E-state index contributed by atoms with van der Waals surface area (Å²) in [4.78, 5) is 9.70. The average molecular weight is 153 g/mol. The topological polar surface area (TPSA) is 86.7 Å². The molecule has 1 atom stereocenters. The smallest absolute Gasteiger partial charge is 0.305 e. The molecule has 0 aliphatic carbocycles. The SMILES string of the molecule is O=C(O)CCOS(=O)[O-]. The van der Waals surface area contributed by atoms with E-state index in [0.717, 1.165) is 0 Å². The van der Waals surface area contributed by atoms with Crippen molar-refractivity contribution in [3.05, 3.63) is 0 Å². The number of carboxylic acid groups (broad SMARTS) is 1. The predicted octanol–water partition coefficient (Wildman–Crippen LogP) is -0.728. The molecular weight excluding hydrogens is 148 g/mol. The fourth-order valence-corrected chi connectivity index (χ4v) is 0.416. The molecule has 0 rings (SSSR count). The molecule has 0 bridgehead atoms. The molecule has 5 nitrogen and oxygen atoms in total. The first-order valence-corrected chi connectivity index (χ1v) is 3.07. The van der Waals surface area contributed by atoms with Gasteiger partial charge in [-0.15, -0.1) is 0 Å². The van der Waals surface area contributed by atoms with Crippen molar-refractivity contribution in [1.29, 1.82) is 0 Å². The van der Waals surface area contributed by atoms with Gasteiger partial charge >= 0.3 is 5.97 Å². The number of carbonyl (C=O) groups is 1. The van der Waals surface area contributed by atoms with E-state index in [0.29, 0.717) is 0 Å². The van der Waals surface area contributed by atoms with Gasteiger partial charge in [0.15, 0.2) is 0 Å². The monoisotopic (exact) mass is 153 g/mol. The molecule has 1 unspecified atom stereocenters. The summed E-state index contributed by atoms with van der Waals surface area (Å²) >= 11 is -2.60. The molecule has 0 saturated carbocycles. The lowest BCUT2D eigenvalue weighted by Crippen LogP contribution is -2.03. The fraction of sp³-hybridized carbons (Fsp3) is 0.667. The molecule has 0 aromatic carbocycles. The van der Waals surface area contributed by atoms with Crippen LogP contribution in [0.15, 0.2) is 0 Å². The minimum atomic E-state index is -2.60. The first-order valence-electron chi connectivity index (χ1n) is 2.07. The Morgan fingerprint density at radius 2 is 2.33 bits per heavy atom. The lowest BCUT2D eigenvalue weighted by Gasteiger charge is -2.01. The van der Waals surface area contributed by atoms with Crippen molar-refractivity contribution in [3.63, 3.8) is 0 Å². The van der Waals surface area contributed by atoms with E-state index in [2.05, 4.69) is 4.18 Å². The number of aliphatic carboxylic acids is 1. The molecule has 0 fully saturated rings. The van der Waals surface area contributed by atoms with Crippen LogP contribution >= 0.6 is 0 Å². The van der Waals surface area contributed by atoms with Gasteiger partial charge in [0.1, 0.15) is 0 Å². The van der Waals surface area contributed by atoms with Crippen LogP contribution in [0.4, 0.5) is 0 Å². The van der Waals surface area contributed by atoms with Crippen molar-refractivity contribution in [2.45, 2.75) is 6.42 Å². The molecule has 0 heterocycles. The van der Waals surface area contributed by atoms with Gasteiger partial charge in [-0.05, 0) is 0 Å². The second-order valence-corrected chi connectivity index (χ2v) is 1.81. The van der Waals surface area contributed by atoms with Gasteiger partial charge in [0.05, 0.1) is 24.4 Å². The van der Waals surface area contributed by atoms with E-state index in [1.165, 1.54) is 0 Å². The summed E-state index contributed by atoms with van der Waals surface area (Å²) in [5, 5.41) is 7.95. The summed E-state index contributed by atoms with van der Waals surface area (Å²) in [5.41, 5.74) is 0. The van der Waals surface area contributed by atoms with Crippen molar-refractivity contribution < 1.29 is 22.8 Å². The maximum atomic E-state index is 9.70. The summed E-state index contributed by atoms with van der Waals surface area (Å²) in [5.74, 6) is -1.08. The van der Waals surface area contributed by atoms with Crippen LogP contribution in [-0.2, 0) is 20.3 Å². The molecule has 0 amide bonds. The minimum Gasteiger partial charge on any atom is -0.750 e. The highest BCUT2D eigenvalue weighted by Gasteiger charge is 1.94. The Hall–Kier alpha value is -0.460. The van der Waals surface area contributed by atoms with E-state index in [1.54, 1.807) is 0 Å². The second kappa shape index (κ2) is 4.42. The van der Waals surface area contributed by atoms with E-state index in [-0.39, 0.29) is 13.0 Å². The van der Waals surface area contributed by atoms with Crippen LogP contribution in [0.1, 0.15) is 6.42 Å². The van der Waals surface area contributed by atoms with E-state index in [4.69, 9.17) is 5.11 Å². The lowest BCUT2D eigenvalue weighted by molar-refractivity contribution is -0.137. The lowest BCUT2D eigenvalue weighted by atomic mass is 10.5. The van der Waals surface area contributed by atoms with Gasteiger partial charge in [-0.2, -0.15) is 0 Å². The Morgan fingerprint density at radius 1 is 1.78 bits per heavy atom. The third-order valence-electron chi connectivity index (χ3n) is 0.495. The van der Waals surface area contributed by atoms with Crippen LogP contribution in [0.25, 0.3) is 0 Å².